The highest BCUT2D eigenvalue weighted by Crippen LogP contribution is 2.31. The van der Waals surface area contributed by atoms with Crippen LogP contribution in [-0.2, 0) is 14.8 Å². The van der Waals surface area contributed by atoms with E-state index < -0.39 is 10.0 Å². The summed E-state index contributed by atoms with van der Waals surface area (Å²) in [6.07, 6.45) is 9.37. The third-order valence-electron chi connectivity index (χ3n) is 5.24. The molecule has 1 aromatic heterocycles. The largest absolute Gasteiger partial charge is 0.307 e. The number of nitrogens with zero attached hydrogens (tertiary/aromatic N) is 3. The lowest BCUT2D eigenvalue weighted by Gasteiger charge is -2.18. The van der Waals surface area contributed by atoms with Crippen molar-refractivity contribution in [2.24, 2.45) is 0 Å². The topological polar surface area (TPSA) is 84.3 Å². The molecule has 29 heavy (non-hydrogen) atoms. The monoisotopic (exact) mass is 416 g/mol. The number of hydrogen-bond donors (Lipinski definition) is 1. The highest BCUT2D eigenvalue weighted by atomic mass is 32.2. The van der Waals surface area contributed by atoms with E-state index in [4.69, 9.17) is 0 Å². The molecule has 156 valence electrons. The molecule has 8 heteroatoms. The van der Waals surface area contributed by atoms with Crippen LogP contribution in [-0.4, -0.2) is 41.5 Å². The van der Waals surface area contributed by atoms with Gasteiger partial charge in [-0.15, -0.1) is 0 Å². The van der Waals surface area contributed by atoms with Crippen molar-refractivity contribution in [3.05, 3.63) is 48.2 Å². The molecule has 1 saturated carbocycles. The van der Waals surface area contributed by atoms with Crippen LogP contribution in [0.3, 0.4) is 0 Å². The number of rotatable bonds is 8. The second kappa shape index (κ2) is 9.37. The summed E-state index contributed by atoms with van der Waals surface area (Å²) in [5.41, 5.74) is 0.753. The molecule has 3 rings (SSSR count). The number of aromatic nitrogens is 2. The van der Waals surface area contributed by atoms with Crippen molar-refractivity contribution in [2.45, 2.75) is 50.5 Å². The fraction of sp³-hybridized carbons (Fsp3) is 0.429. The van der Waals surface area contributed by atoms with Gasteiger partial charge < -0.3 is 5.32 Å². The first-order valence-corrected chi connectivity index (χ1v) is 11.5. The molecule has 1 fully saturated rings. The van der Waals surface area contributed by atoms with Crippen molar-refractivity contribution in [1.82, 2.24) is 14.1 Å². The maximum Gasteiger partial charge on any atom is 0.249 e. The van der Waals surface area contributed by atoms with Crippen LogP contribution in [0.1, 0.15) is 51.1 Å². The Morgan fingerprint density at radius 2 is 1.83 bits per heavy atom. The quantitative estimate of drug-likeness (QED) is 0.665. The second-order valence-corrected chi connectivity index (χ2v) is 9.02. The van der Waals surface area contributed by atoms with Gasteiger partial charge in [0.1, 0.15) is 5.82 Å². The Morgan fingerprint density at radius 3 is 2.45 bits per heavy atom. The molecule has 0 bridgehead atoms. The van der Waals surface area contributed by atoms with Crippen LogP contribution in [0.4, 0.5) is 5.82 Å². The fourth-order valence-electron chi connectivity index (χ4n) is 3.66. The van der Waals surface area contributed by atoms with Gasteiger partial charge in [-0.2, -0.15) is 9.40 Å². The van der Waals surface area contributed by atoms with Gasteiger partial charge in [-0.3, -0.25) is 4.79 Å². The summed E-state index contributed by atoms with van der Waals surface area (Å²) in [5, 5.41) is 7.22. The Kier molecular flexibility index (Phi) is 6.87. The van der Waals surface area contributed by atoms with Crippen molar-refractivity contribution < 1.29 is 13.2 Å². The van der Waals surface area contributed by atoms with Crippen LogP contribution in [0.2, 0.25) is 0 Å². The van der Waals surface area contributed by atoms with Gasteiger partial charge in [0.2, 0.25) is 15.9 Å². The number of carbonyl (C=O) groups excluding carboxylic acids is 1. The van der Waals surface area contributed by atoms with Crippen molar-refractivity contribution in [1.29, 1.82) is 0 Å². The van der Waals surface area contributed by atoms with Gasteiger partial charge in [-0.1, -0.05) is 38.8 Å². The van der Waals surface area contributed by atoms with Gasteiger partial charge in [0.05, 0.1) is 17.1 Å². The van der Waals surface area contributed by atoms with Crippen LogP contribution in [0, 0.1) is 0 Å². The summed E-state index contributed by atoms with van der Waals surface area (Å²) in [6, 6.07) is 8.69. The highest BCUT2D eigenvalue weighted by molar-refractivity contribution is 7.89. The number of nitrogens with one attached hydrogen (secondary N) is 1. The highest BCUT2D eigenvalue weighted by Gasteiger charge is 2.21. The van der Waals surface area contributed by atoms with Gasteiger partial charge >= 0.3 is 0 Å². The van der Waals surface area contributed by atoms with Crippen LogP contribution in [0.5, 0.6) is 0 Å². The van der Waals surface area contributed by atoms with E-state index in [2.05, 4.69) is 10.4 Å². The second-order valence-electron chi connectivity index (χ2n) is 7.08. The lowest BCUT2D eigenvalue weighted by Crippen LogP contribution is -2.30. The number of carbonyl (C=O) groups is 1. The first-order chi connectivity index (χ1) is 14.0. The van der Waals surface area contributed by atoms with Crippen LogP contribution in [0.25, 0.3) is 6.08 Å². The van der Waals surface area contributed by atoms with Crippen molar-refractivity contribution in [3.63, 3.8) is 0 Å². The number of sulfonamides is 1. The summed E-state index contributed by atoms with van der Waals surface area (Å²) in [6.45, 7) is 4.49. The predicted molar refractivity (Wildman–Crippen MR) is 114 cm³/mol. The van der Waals surface area contributed by atoms with E-state index >= 15 is 0 Å². The summed E-state index contributed by atoms with van der Waals surface area (Å²) in [4.78, 5) is 12.6. The lowest BCUT2D eigenvalue weighted by molar-refractivity contribution is -0.111. The van der Waals surface area contributed by atoms with E-state index in [9.17, 15) is 13.2 Å². The first-order valence-electron chi connectivity index (χ1n) is 10.1. The van der Waals surface area contributed by atoms with E-state index in [-0.39, 0.29) is 10.8 Å². The Morgan fingerprint density at radius 1 is 1.17 bits per heavy atom. The minimum absolute atomic E-state index is 0.246. The third-order valence-corrected chi connectivity index (χ3v) is 7.31. The van der Waals surface area contributed by atoms with E-state index in [0.29, 0.717) is 24.9 Å². The van der Waals surface area contributed by atoms with Crippen LogP contribution < -0.4 is 5.32 Å². The van der Waals surface area contributed by atoms with E-state index in [0.717, 1.165) is 18.4 Å². The van der Waals surface area contributed by atoms with Gasteiger partial charge in [0.25, 0.3) is 0 Å². The molecule has 7 nitrogen and oxygen atoms in total. The van der Waals surface area contributed by atoms with Crippen molar-refractivity contribution in [3.8, 4) is 0 Å². The zero-order valence-corrected chi connectivity index (χ0v) is 17.7. The Labute approximate surface area is 172 Å². The molecule has 0 aliphatic heterocycles. The Balaban J connectivity index is 1.65. The first kappa shape index (κ1) is 21.3. The number of hydrogen-bond acceptors (Lipinski definition) is 4. The van der Waals surface area contributed by atoms with E-state index in [1.807, 2.05) is 18.5 Å². The Hall–Kier alpha value is -2.45. The fourth-order valence-corrected chi connectivity index (χ4v) is 5.11. The zero-order chi connectivity index (χ0) is 20.9. The van der Waals surface area contributed by atoms with Gasteiger partial charge in [0.15, 0.2) is 0 Å². The molecule has 0 spiro atoms. The summed E-state index contributed by atoms with van der Waals surface area (Å²) >= 11 is 0. The normalized spacial score (nSPS) is 15.4. The maximum absolute atomic E-state index is 12.5. The predicted octanol–water partition coefficient (Wildman–Crippen LogP) is 3.68. The molecular formula is C21H28N4O3S. The number of amides is 1. The van der Waals surface area contributed by atoms with Crippen molar-refractivity contribution >= 4 is 27.8 Å². The molecule has 1 aliphatic rings. The van der Waals surface area contributed by atoms with Gasteiger partial charge in [-0.25, -0.2) is 13.1 Å². The summed E-state index contributed by atoms with van der Waals surface area (Å²) in [5.74, 6) is 0.455. The molecule has 0 atom stereocenters. The average Bonchev–Trinajstić information content (AvgIpc) is 3.39. The summed E-state index contributed by atoms with van der Waals surface area (Å²) < 4.78 is 28.4. The average molecular weight is 417 g/mol. The van der Waals surface area contributed by atoms with E-state index in [1.54, 1.807) is 42.6 Å². The standard InChI is InChI=1S/C21H28N4O3S/c1-3-24(4-2)29(27,28)19-12-9-17(10-13-19)11-14-21(26)23-20-15-16-22-25(20)18-7-5-6-8-18/h9-16,18H,3-8H2,1-2H3,(H,23,26)/b14-11+. The molecule has 2 aromatic rings. The summed E-state index contributed by atoms with van der Waals surface area (Å²) in [7, 11) is -3.48. The maximum atomic E-state index is 12.5. The number of anilines is 1. The lowest BCUT2D eigenvalue weighted by atomic mass is 10.2. The molecule has 1 aliphatic carbocycles. The molecule has 1 N–H and O–H groups in total. The van der Waals surface area contributed by atoms with Crippen molar-refractivity contribution in [2.75, 3.05) is 18.4 Å². The molecule has 0 saturated heterocycles. The van der Waals surface area contributed by atoms with Crippen LogP contribution >= 0.6 is 0 Å². The molecule has 1 aromatic carbocycles. The van der Waals surface area contributed by atoms with Crippen LogP contribution in [0.15, 0.2) is 47.5 Å². The molecule has 0 unspecified atom stereocenters. The molecule has 0 radical (unpaired) electrons. The Bertz CT molecular complexity index is 954. The molecule has 1 amide bonds. The third kappa shape index (κ3) is 4.94. The smallest absolute Gasteiger partial charge is 0.249 e. The van der Waals surface area contributed by atoms with Gasteiger partial charge in [0, 0.05) is 25.2 Å². The molecular weight excluding hydrogens is 388 g/mol. The zero-order valence-electron chi connectivity index (χ0n) is 16.9. The number of benzene rings is 1. The van der Waals surface area contributed by atoms with E-state index in [1.165, 1.54) is 23.2 Å². The SMILES string of the molecule is CCN(CC)S(=O)(=O)c1ccc(/C=C/C(=O)Nc2ccnn2C2CCCC2)cc1. The molecule has 1 heterocycles. The minimum Gasteiger partial charge on any atom is -0.307 e. The van der Waals surface area contributed by atoms with Gasteiger partial charge in [-0.05, 0) is 36.6 Å². The minimum atomic E-state index is -3.48.